The van der Waals surface area contributed by atoms with Crippen LogP contribution in [-0.4, -0.2) is 14.8 Å². The third-order valence-electron chi connectivity index (χ3n) is 2.76. The fourth-order valence-electron chi connectivity index (χ4n) is 1.87. The van der Waals surface area contributed by atoms with Crippen LogP contribution in [0.4, 0.5) is 0 Å². The molecule has 0 amide bonds. The number of nitrogens with one attached hydrogen (secondary N) is 1. The van der Waals surface area contributed by atoms with Gasteiger partial charge in [0.05, 0.1) is 5.69 Å². The molecule has 0 aliphatic rings. The van der Waals surface area contributed by atoms with Crippen molar-refractivity contribution in [3.63, 3.8) is 0 Å². The molecule has 0 spiro atoms. The van der Waals surface area contributed by atoms with E-state index in [-0.39, 0.29) is 5.56 Å². The Labute approximate surface area is 114 Å². The standard InChI is InChI=1S/C14H10ClN3O/c15-11-6-2-1-5-10(11)12-9-14(19)18(17-12)13-7-3-4-8-16-13/h1-9,17H. The lowest BCUT2D eigenvalue weighted by Crippen LogP contribution is -2.14. The van der Waals surface area contributed by atoms with E-state index in [1.807, 2.05) is 24.3 Å². The molecule has 2 aromatic heterocycles. The Morgan fingerprint density at radius 1 is 1.11 bits per heavy atom. The summed E-state index contributed by atoms with van der Waals surface area (Å²) < 4.78 is 1.39. The first-order valence-electron chi connectivity index (χ1n) is 5.74. The van der Waals surface area contributed by atoms with Crippen LogP contribution < -0.4 is 5.56 Å². The Hall–Kier alpha value is -2.33. The van der Waals surface area contributed by atoms with Crippen LogP contribution >= 0.6 is 11.6 Å². The van der Waals surface area contributed by atoms with Crippen LogP contribution in [-0.2, 0) is 0 Å². The number of H-pyrrole nitrogens is 1. The number of rotatable bonds is 2. The molecule has 2 heterocycles. The van der Waals surface area contributed by atoms with Gasteiger partial charge in [0.25, 0.3) is 5.56 Å². The van der Waals surface area contributed by atoms with E-state index in [4.69, 9.17) is 11.6 Å². The van der Waals surface area contributed by atoms with Gasteiger partial charge in [-0.15, -0.1) is 0 Å². The van der Waals surface area contributed by atoms with Crippen molar-refractivity contribution in [2.24, 2.45) is 0 Å². The maximum Gasteiger partial charge on any atom is 0.273 e. The van der Waals surface area contributed by atoms with Crippen molar-refractivity contribution in [3.05, 3.63) is 70.1 Å². The molecule has 0 saturated heterocycles. The highest BCUT2D eigenvalue weighted by Gasteiger charge is 2.09. The number of hydrogen-bond acceptors (Lipinski definition) is 2. The zero-order valence-electron chi connectivity index (χ0n) is 9.88. The molecular weight excluding hydrogens is 262 g/mol. The summed E-state index contributed by atoms with van der Waals surface area (Å²) in [5.74, 6) is 0.547. The molecule has 5 heteroatoms. The first-order chi connectivity index (χ1) is 9.25. The fourth-order valence-corrected chi connectivity index (χ4v) is 2.11. The molecular formula is C14H10ClN3O. The second kappa shape index (κ2) is 4.74. The SMILES string of the molecule is O=c1cc(-c2ccccc2Cl)[nH]n1-c1ccccn1. The van der Waals surface area contributed by atoms with E-state index in [2.05, 4.69) is 10.1 Å². The van der Waals surface area contributed by atoms with Gasteiger partial charge in [-0.25, -0.2) is 9.67 Å². The van der Waals surface area contributed by atoms with Crippen molar-refractivity contribution < 1.29 is 0 Å². The van der Waals surface area contributed by atoms with Crippen molar-refractivity contribution in [1.29, 1.82) is 0 Å². The van der Waals surface area contributed by atoms with E-state index in [0.29, 0.717) is 16.5 Å². The van der Waals surface area contributed by atoms with Gasteiger partial charge in [0.1, 0.15) is 0 Å². The predicted molar refractivity (Wildman–Crippen MR) is 74.6 cm³/mol. The lowest BCUT2D eigenvalue weighted by atomic mass is 10.1. The zero-order valence-corrected chi connectivity index (χ0v) is 10.6. The number of pyridine rings is 1. The van der Waals surface area contributed by atoms with E-state index in [1.165, 1.54) is 10.7 Å². The number of aromatic amines is 1. The van der Waals surface area contributed by atoms with Gasteiger partial charge in [0, 0.05) is 22.8 Å². The summed E-state index contributed by atoms with van der Waals surface area (Å²) in [5.41, 5.74) is 1.28. The molecule has 0 unspecified atom stereocenters. The van der Waals surface area contributed by atoms with Crippen molar-refractivity contribution in [2.45, 2.75) is 0 Å². The average Bonchev–Trinajstić information content (AvgIpc) is 2.82. The average molecular weight is 272 g/mol. The minimum atomic E-state index is -0.173. The quantitative estimate of drug-likeness (QED) is 0.779. The molecule has 19 heavy (non-hydrogen) atoms. The normalized spacial score (nSPS) is 10.6. The molecule has 0 saturated carbocycles. The lowest BCUT2D eigenvalue weighted by molar-refractivity contribution is 0.822. The zero-order chi connectivity index (χ0) is 13.2. The maximum absolute atomic E-state index is 12.0. The minimum absolute atomic E-state index is 0.173. The molecule has 4 nitrogen and oxygen atoms in total. The van der Waals surface area contributed by atoms with Crippen LogP contribution in [0.3, 0.4) is 0 Å². The van der Waals surface area contributed by atoms with Crippen LogP contribution in [0, 0.1) is 0 Å². The molecule has 0 radical (unpaired) electrons. The molecule has 94 valence electrons. The van der Waals surface area contributed by atoms with Crippen molar-refractivity contribution in [3.8, 4) is 17.1 Å². The summed E-state index contributed by atoms with van der Waals surface area (Å²) in [4.78, 5) is 16.1. The Bertz CT molecular complexity index is 762. The highest BCUT2D eigenvalue weighted by Crippen LogP contribution is 2.25. The first-order valence-corrected chi connectivity index (χ1v) is 6.12. The Morgan fingerprint density at radius 2 is 1.89 bits per heavy atom. The molecule has 3 rings (SSSR count). The summed E-state index contributed by atoms with van der Waals surface area (Å²) in [6, 6.07) is 14.3. The summed E-state index contributed by atoms with van der Waals surface area (Å²) in [7, 11) is 0. The highest BCUT2D eigenvalue weighted by atomic mass is 35.5. The highest BCUT2D eigenvalue weighted by molar-refractivity contribution is 6.33. The second-order valence-corrected chi connectivity index (χ2v) is 4.42. The summed E-state index contributed by atoms with van der Waals surface area (Å²) in [6.45, 7) is 0. The molecule has 0 fully saturated rings. The minimum Gasteiger partial charge on any atom is -0.289 e. The van der Waals surface area contributed by atoms with Gasteiger partial charge in [0.2, 0.25) is 0 Å². The number of hydrogen-bond donors (Lipinski definition) is 1. The van der Waals surface area contributed by atoms with Gasteiger partial charge in [-0.2, -0.15) is 0 Å². The topological polar surface area (TPSA) is 50.7 Å². The van der Waals surface area contributed by atoms with Crippen LogP contribution in [0.5, 0.6) is 0 Å². The molecule has 0 atom stereocenters. The second-order valence-electron chi connectivity index (χ2n) is 4.01. The number of nitrogens with zero attached hydrogens (tertiary/aromatic N) is 2. The molecule has 1 aromatic carbocycles. The van der Waals surface area contributed by atoms with Crippen LogP contribution in [0.1, 0.15) is 0 Å². The van der Waals surface area contributed by atoms with E-state index in [9.17, 15) is 4.79 Å². The van der Waals surface area contributed by atoms with Gasteiger partial charge >= 0.3 is 0 Å². The summed E-state index contributed by atoms with van der Waals surface area (Å²) in [5, 5.41) is 3.61. The Morgan fingerprint density at radius 3 is 2.63 bits per heavy atom. The summed E-state index contributed by atoms with van der Waals surface area (Å²) in [6.07, 6.45) is 1.64. The van der Waals surface area contributed by atoms with Gasteiger partial charge < -0.3 is 0 Å². The third kappa shape index (κ3) is 2.18. The molecule has 0 aliphatic carbocycles. The van der Waals surface area contributed by atoms with E-state index in [1.54, 1.807) is 24.4 Å². The van der Waals surface area contributed by atoms with Crippen LogP contribution in [0.25, 0.3) is 17.1 Å². The lowest BCUT2D eigenvalue weighted by Gasteiger charge is -2.02. The third-order valence-corrected chi connectivity index (χ3v) is 3.09. The van der Waals surface area contributed by atoms with Gasteiger partial charge in [-0.3, -0.25) is 9.89 Å². The van der Waals surface area contributed by atoms with E-state index < -0.39 is 0 Å². The maximum atomic E-state index is 12.0. The molecule has 3 aromatic rings. The van der Waals surface area contributed by atoms with Gasteiger partial charge in [0.15, 0.2) is 5.82 Å². The van der Waals surface area contributed by atoms with E-state index >= 15 is 0 Å². The van der Waals surface area contributed by atoms with Crippen molar-refractivity contribution >= 4 is 11.6 Å². The fraction of sp³-hybridized carbons (Fsp3) is 0. The summed E-state index contributed by atoms with van der Waals surface area (Å²) >= 11 is 6.12. The molecule has 0 bridgehead atoms. The smallest absolute Gasteiger partial charge is 0.273 e. The predicted octanol–water partition coefficient (Wildman–Crippen LogP) is 2.88. The molecule has 0 aliphatic heterocycles. The largest absolute Gasteiger partial charge is 0.289 e. The van der Waals surface area contributed by atoms with Gasteiger partial charge in [-0.1, -0.05) is 35.9 Å². The monoisotopic (exact) mass is 271 g/mol. The van der Waals surface area contributed by atoms with Crippen molar-refractivity contribution in [1.82, 2.24) is 14.8 Å². The van der Waals surface area contributed by atoms with E-state index in [0.717, 1.165) is 5.56 Å². The van der Waals surface area contributed by atoms with Crippen LogP contribution in [0.2, 0.25) is 5.02 Å². The first kappa shape index (κ1) is 11.7. The van der Waals surface area contributed by atoms with Crippen molar-refractivity contribution in [2.75, 3.05) is 0 Å². The number of halogens is 1. The van der Waals surface area contributed by atoms with Crippen LogP contribution in [0.15, 0.2) is 59.5 Å². The molecule has 1 N–H and O–H groups in total. The Kier molecular flexibility index (Phi) is 2.93. The number of aromatic nitrogens is 3. The van der Waals surface area contributed by atoms with Gasteiger partial charge in [-0.05, 0) is 18.2 Å². The number of benzene rings is 1. The Balaban J connectivity index is 2.13.